The minimum atomic E-state index is -0.259. The molecule has 0 aliphatic heterocycles. The summed E-state index contributed by atoms with van der Waals surface area (Å²) in [6.07, 6.45) is 0.496. The lowest BCUT2D eigenvalue weighted by atomic mass is 10.2. The van der Waals surface area contributed by atoms with Gasteiger partial charge in [-0.2, -0.15) is 0 Å². The van der Waals surface area contributed by atoms with E-state index in [9.17, 15) is 5.11 Å². The summed E-state index contributed by atoms with van der Waals surface area (Å²) < 4.78 is 5.76. The van der Waals surface area contributed by atoms with Gasteiger partial charge in [0.15, 0.2) is 0 Å². The van der Waals surface area contributed by atoms with Gasteiger partial charge in [-0.15, -0.1) is 0 Å². The van der Waals surface area contributed by atoms with Gasteiger partial charge in [0.25, 0.3) is 0 Å². The Bertz CT molecular complexity index is 443. The van der Waals surface area contributed by atoms with Crippen LogP contribution in [0.15, 0.2) is 34.7 Å². The van der Waals surface area contributed by atoms with Crippen LogP contribution in [0.3, 0.4) is 0 Å². The number of fused-ring (bicyclic) bond motifs is 1. The molecule has 92 valence electrons. The van der Waals surface area contributed by atoms with Crippen molar-refractivity contribution in [2.75, 3.05) is 6.54 Å². The lowest BCUT2D eigenvalue weighted by Crippen LogP contribution is -2.22. The van der Waals surface area contributed by atoms with E-state index in [1.165, 1.54) is 0 Å². The van der Waals surface area contributed by atoms with Crippen LogP contribution in [-0.2, 0) is 0 Å². The van der Waals surface area contributed by atoms with Crippen LogP contribution >= 0.6 is 0 Å². The fraction of sp³-hybridized carbons (Fsp3) is 0.429. The number of benzene rings is 1. The van der Waals surface area contributed by atoms with Crippen molar-refractivity contribution in [2.45, 2.75) is 32.4 Å². The molecule has 2 unspecified atom stereocenters. The molecule has 2 N–H and O–H groups in total. The van der Waals surface area contributed by atoms with Gasteiger partial charge in [0.1, 0.15) is 11.3 Å². The Morgan fingerprint density at radius 2 is 2.06 bits per heavy atom. The highest BCUT2D eigenvalue weighted by atomic mass is 16.3. The van der Waals surface area contributed by atoms with Gasteiger partial charge in [-0.1, -0.05) is 18.2 Å². The van der Waals surface area contributed by atoms with Crippen LogP contribution in [-0.4, -0.2) is 17.8 Å². The van der Waals surface area contributed by atoms with Crippen LogP contribution in [0.5, 0.6) is 0 Å². The van der Waals surface area contributed by atoms with Gasteiger partial charge in [0.2, 0.25) is 0 Å². The van der Waals surface area contributed by atoms with Crippen molar-refractivity contribution < 1.29 is 9.52 Å². The van der Waals surface area contributed by atoms with Gasteiger partial charge in [0, 0.05) is 5.39 Å². The molecule has 0 radical (unpaired) electrons. The molecular formula is C14H19NO2. The zero-order valence-corrected chi connectivity index (χ0v) is 10.3. The number of aliphatic hydroxyl groups excluding tert-OH is 1. The van der Waals surface area contributed by atoms with Crippen molar-refractivity contribution >= 4 is 11.0 Å². The molecule has 17 heavy (non-hydrogen) atoms. The van der Waals surface area contributed by atoms with E-state index in [2.05, 4.69) is 18.3 Å². The number of para-hydroxylation sites is 1. The maximum absolute atomic E-state index is 9.19. The number of hydrogen-bond donors (Lipinski definition) is 2. The van der Waals surface area contributed by atoms with E-state index in [0.29, 0.717) is 0 Å². The van der Waals surface area contributed by atoms with Gasteiger partial charge in [0.05, 0.1) is 12.1 Å². The fourth-order valence-corrected chi connectivity index (χ4v) is 1.83. The quantitative estimate of drug-likeness (QED) is 0.834. The molecule has 2 atom stereocenters. The summed E-state index contributed by atoms with van der Waals surface area (Å²) in [5, 5.41) is 13.7. The summed E-state index contributed by atoms with van der Waals surface area (Å²) in [4.78, 5) is 0. The molecule has 1 aromatic heterocycles. The summed E-state index contributed by atoms with van der Waals surface area (Å²) in [6, 6.07) is 10.2. The second-order valence-electron chi connectivity index (χ2n) is 4.50. The van der Waals surface area contributed by atoms with E-state index < -0.39 is 0 Å². The van der Waals surface area contributed by atoms with E-state index in [1.54, 1.807) is 6.92 Å². The zero-order valence-electron chi connectivity index (χ0n) is 10.3. The Morgan fingerprint density at radius 3 is 2.76 bits per heavy atom. The first-order valence-corrected chi connectivity index (χ1v) is 6.07. The molecule has 0 saturated carbocycles. The molecule has 0 aliphatic carbocycles. The maximum atomic E-state index is 9.19. The predicted octanol–water partition coefficient (Wildman–Crippen LogP) is 2.85. The van der Waals surface area contributed by atoms with Crippen LogP contribution in [0.4, 0.5) is 0 Å². The number of furan rings is 1. The Labute approximate surface area is 101 Å². The summed E-state index contributed by atoms with van der Waals surface area (Å²) in [6.45, 7) is 4.66. The number of aliphatic hydroxyl groups is 1. The van der Waals surface area contributed by atoms with Crippen molar-refractivity contribution in [3.05, 3.63) is 36.1 Å². The summed E-state index contributed by atoms with van der Waals surface area (Å²) in [5.74, 6) is 0.941. The molecule has 2 aromatic rings. The first kappa shape index (κ1) is 12.1. The number of hydrogen-bond acceptors (Lipinski definition) is 3. The first-order chi connectivity index (χ1) is 8.16. The maximum Gasteiger partial charge on any atom is 0.134 e. The third-order valence-corrected chi connectivity index (χ3v) is 2.88. The number of rotatable bonds is 5. The van der Waals surface area contributed by atoms with Crippen molar-refractivity contribution in [3.8, 4) is 0 Å². The SMILES string of the molecule is CC(O)CCNC(C)c1cc2ccccc2o1. The van der Waals surface area contributed by atoms with Crippen LogP contribution in [0.1, 0.15) is 32.1 Å². The van der Waals surface area contributed by atoms with Crippen molar-refractivity contribution in [1.29, 1.82) is 0 Å². The van der Waals surface area contributed by atoms with Gasteiger partial charge < -0.3 is 14.8 Å². The molecule has 3 nitrogen and oxygen atoms in total. The van der Waals surface area contributed by atoms with Gasteiger partial charge in [-0.3, -0.25) is 0 Å². The highest BCUT2D eigenvalue weighted by molar-refractivity contribution is 5.77. The van der Waals surface area contributed by atoms with E-state index in [1.807, 2.05) is 24.3 Å². The van der Waals surface area contributed by atoms with E-state index in [-0.39, 0.29) is 12.1 Å². The Hall–Kier alpha value is -1.32. The predicted molar refractivity (Wildman–Crippen MR) is 68.9 cm³/mol. The molecular weight excluding hydrogens is 214 g/mol. The van der Waals surface area contributed by atoms with E-state index >= 15 is 0 Å². The molecule has 0 fully saturated rings. The molecule has 0 aliphatic rings. The second-order valence-corrected chi connectivity index (χ2v) is 4.50. The van der Waals surface area contributed by atoms with Gasteiger partial charge >= 0.3 is 0 Å². The molecule has 1 heterocycles. The van der Waals surface area contributed by atoms with Crippen molar-refractivity contribution in [1.82, 2.24) is 5.32 Å². The summed E-state index contributed by atoms with van der Waals surface area (Å²) in [7, 11) is 0. The third kappa shape index (κ3) is 3.08. The van der Waals surface area contributed by atoms with Gasteiger partial charge in [-0.05, 0) is 38.9 Å². The Morgan fingerprint density at radius 1 is 1.29 bits per heavy atom. The molecule has 3 heteroatoms. The molecule has 2 rings (SSSR count). The van der Waals surface area contributed by atoms with Crippen LogP contribution in [0.25, 0.3) is 11.0 Å². The van der Waals surface area contributed by atoms with Crippen LogP contribution < -0.4 is 5.32 Å². The van der Waals surface area contributed by atoms with E-state index in [0.717, 1.165) is 29.7 Å². The standard InChI is InChI=1S/C14H19NO2/c1-10(16)7-8-15-11(2)14-9-12-5-3-4-6-13(12)17-14/h3-6,9-11,15-16H,7-8H2,1-2H3. The van der Waals surface area contributed by atoms with Crippen molar-refractivity contribution in [3.63, 3.8) is 0 Å². The lowest BCUT2D eigenvalue weighted by molar-refractivity contribution is 0.182. The average Bonchev–Trinajstić information content (AvgIpc) is 2.71. The second kappa shape index (κ2) is 5.34. The molecule has 1 aromatic carbocycles. The van der Waals surface area contributed by atoms with Crippen LogP contribution in [0, 0.1) is 0 Å². The minimum Gasteiger partial charge on any atom is -0.459 e. The third-order valence-electron chi connectivity index (χ3n) is 2.88. The molecule has 0 spiro atoms. The van der Waals surface area contributed by atoms with Gasteiger partial charge in [-0.25, -0.2) is 0 Å². The zero-order chi connectivity index (χ0) is 12.3. The van der Waals surface area contributed by atoms with E-state index in [4.69, 9.17) is 4.42 Å². The summed E-state index contributed by atoms with van der Waals surface area (Å²) in [5.41, 5.74) is 0.923. The summed E-state index contributed by atoms with van der Waals surface area (Å²) >= 11 is 0. The molecule has 0 bridgehead atoms. The Balaban J connectivity index is 2.01. The normalized spacial score (nSPS) is 15.0. The lowest BCUT2D eigenvalue weighted by Gasteiger charge is -2.11. The highest BCUT2D eigenvalue weighted by Gasteiger charge is 2.10. The molecule has 0 saturated heterocycles. The minimum absolute atomic E-state index is 0.168. The van der Waals surface area contributed by atoms with Crippen LogP contribution in [0.2, 0.25) is 0 Å². The first-order valence-electron chi connectivity index (χ1n) is 6.07. The monoisotopic (exact) mass is 233 g/mol. The topological polar surface area (TPSA) is 45.4 Å². The highest BCUT2D eigenvalue weighted by Crippen LogP contribution is 2.23. The number of nitrogens with one attached hydrogen (secondary N) is 1. The fourth-order valence-electron chi connectivity index (χ4n) is 1.83. The van der Waals surface area contributed by atoms with Crippen molar-refractivity contribution in [2.24, 2.45) is 0 Å². The molecule has 0 amide bonds. The smallest absolute Gasteiger partial charge is 0.134 e. The Kier molecular flexibility index (Phi) is 3.82. The largest absolute Gasteiger partial charge is 0.459 e. The average molecular weight is 233 g/mol.